The molecule has 1 aliphatic heterocycles. The molecule has 2 aromatic carbocycles. The Morgan fingerprint density at radius 3 is 2.15 bits per heavy atom. The Morgan fingerprint density at radius 2 is 1.64 bits per heavy atom. The first-order valence-corrected chi connectivity index (χ1v) is 11.8. The van der Waals surface area contributed by atoms with Crippen LogP contribution in [0.1, 0.15) is 62.4 Å². The molecule has 1 aliphatic rings. The van der Waals surface area contributed by atoms with Crippen molar-refractivity contribution in [2.75, 3.05) is 11.4 Å². The van der Waals surface area contributed by atoms with E-state index in [4.69, 9.17) is 16.3 Å². The first-order valence-electron chi connectivity index (χ1n) is 11.5. The van der Waals surface area contributed by atoms with E-state index < -0.39 is 16.9 Å². The molecule has 0 spiro atoms. The SMILES string of the molecule is CCCCN(C(=O)N1C(=O)C(CC)(CC)C1Oc1ccc(C(=O)Cl)cc1)c1ccc(C)cc1. The van der Waals surface area contributed by atoms with Crippen molar-refractivity contribution in [1.29, 1.82) is 0 Å². The number of hydrogen-bond donors (Lipinski definition) is 0. The molecule has 1 heterocycles. The largest absolute Gasteiger partial charge is 0.469 e. The second-order valence-corrected chi connectivity index (χ2v) is 8.77. The number of ether oxygens (including phenoxy) is 1. The first kappa shape index (κ1) is 24.8. The van der Waals surface area contributed by atoms with Crippen molar-refractivity contribution in [2.24, 2.45) is 5.41 Å². The van der Waals surface area contributed by atoms with Gasteiger partial charge in [-0.25, -0.2) is 9.69 Å². The number of carbonyl (C=O) groups is 3. The molecule has 2 aromatic rings. The number of urea groups is 1. The smallest absolute Gasteiger partial charge is 0.334 e. The Labute approximate surface area is 200 Å². The van der Waals surface area contributed by atoms with Crippen LogP contribution in [0.15, 0.2) is 48.5 Å². The minimum Gasteiger partial charge on any atom is -0.469 e. The molecule has 0 saturated carbocycles. The van der Waals surface area contributed by atoms with Crippen molar-refractivity contribution in [3.05, 3.63) is 59.7 Å². The van der Waals surface area contributed by atoms with E-state index in [9.17, 15) is 14.4 Å². The van der Waals surface area contributed by atoms with E-state index in [1.165, 1.54) is 4.90 Å². The minimum atomic E-state index is -0.777. The van der Waals surface area contributed by atoms with Gasteiger partial charge in [0.1, 0.15) is 11.2 Å². The van der Waals surface area contributed by atoms with Crippen LogP contribution in [0.25, 0.3) is 0 Å². The average Bonchev–Trinajstić information content (AvgIpc) is 2.81. The molecular weight excluding hydrogens is 440 g/mol. The van der Waals surface area contributed by atoms with Crippen molar-refractivity contribution in [2.45, 2.75) is 59.6 Å². The zero-order valence-corrected chi connectivity index (χ0v) is 20.4. The number of hydrogen-bond acceptors (Lipinski definition) is 4. The maximum atomic E-state index is 13.7. The van der Waals surface area contributed by atoms with Crippen LogP contribution in [0.5, 0.6) is 5.75 Å². The van der Waals surface area contributed by atoms with Crippen LogP contribution in [0.3, 0.4) is 0 Å². The van der Waals surface area contributed by atoms with Gasteiger partial charge in [0.2, 0.25) is 5.91 Å². The third-order valence-electron chi connectivity index (χ3n) is 6.46. The molecule has 33 heavy (non-hydrogen) atoms. The number of β-lactam (4-membered cyclic amide) rings is 1. The summed E-state index contributed by atoms with van der Waals surface area (Å²) in [6, 6.07) is 13.7. The van der Waals surface area contributed by atoms with Gasteiger partial charge in [-0.15, -0.1) is 0 Å². The molecule has 0 N–H and O–H groups in total. The summed E-state index contributed by atoms with van der Waals surface area (Å²) >= 11 is 5.54. The van der Waals surface area contributed by atoms with E-state index in [0.29, 0.717) is 30.7 Å². The molecule has 0 bridgehead atoms. The second kappa shape index (κ2) is 10.4. The van der Waals surface area contributed by atoms with Crippen molar-refractivity contribution in [3.8, 4) is 5.75 Å². The van der Waals surface area contributed by atoms with Crippen LogP contribution in [0, 0.1) is 12.3 Å². The number of nitrogens with zero attached hydrogens (tertiary/aromatic N) is 2. The average molecular weight is 471 g/mol. The van der Waals surface area contributed by atoms with Gasteiger partial charge in [-0.05, 0) is 74.2 Å². The van der Waals surface area contributed by atoms with E-state index >= 15 is 0 Å². The molecule has 6 nitrogen and oxygen atoms in total. The topological polar surface area (TPSA) is 66.9 Å². The number of halogens is 1. The van der Waals surface area contributed by atoms with E-state index in [2.05, 4.69) is 6.92 Å². The minimum absolute atomic E-state index is 0.219. The summed E-state index contributed by atoms with van der Waals surface area (Å²) in [5.41, 5.74) is 1.42. The lowest BCUT2D eigenvalue weighted by molar-refractivity contribution is -0.190. The fraction of sp³-hybridized carbons (Fsp3) is 0.423. The number of imide groups is 1. The van der Waals surface area contributed by atoms with Gasteiger partial charge in [-0.1, -0.05) is 44.9 Å². The van der Waals surface area contributed by atoms with E-state index in [0.717, 1.165) is 24.1 Å². The molecule has 1 unspecified atom stereocenters. The lowest BCUT2D eigenvalue weighted by atomic mass is 9.72. The molecule has 1 saturated heterocycles. The van der Waals surface area contributed by atoms with E-state index in [1.54, 1.807) is 29.2 Å². The van der Waals surface area contributed by atoms with Gasteiger partial charge in [-0.3, -0.25) is 14.5 Å². The van der Waals surface area contributed by atoms with Gasteiger partial charge in [0.25, 0.3) is 5.24 Å². The van der Waals surface area contributed by atoms with Gasteiger partial charge >= 0.3 is 6.03 Å². The Balaban J connectivity index is 1.93. The van der Waals surface area contributed by atoms with E-state index in [-0.39, 0.29) is 11.9 Å². The molecule has 7 heteroatoms. The molecule has 0 radical (unpaired) electrons. The maximum absolute atomic E-state index is 13.7. The van der Waals surface area contributed by atoms with Gasteiger partial charge in [0, 0.05) is 17.8 Å². The predicted octanol–water partition coefficient (Wildman–Crippen LogP) is 6.15. The number of rotatable bonds is 9. The molecule has 3 rings (SSSR count). The van der Waals surface area contributed by atoms with Gasteiger partial charge in [0.15, 0.2) is 6.23 Å². The van der Waals surface area contributed by atoms with Crippen LogP contribution in [0.4, 0.5) is 10.5 Å². The van der Waals surface area contributed by atoms with Crippen LogP contribution in [-0.4, -0.2) is 34.9 Å². The highest BCUT2D eigenvalue weighted by Crippen LogP contribution is 2.46. The fourth-order valence-corrected chi connectivity index (χ4v) is 4.31. The number of aryl methyl sites for hydroxylation is 1. The first-order chi connectivity index (χ1) is 15.8. The summed E-state index contributed by atoms with van der Waals surface area (Å²) in [6.45, 7) is 8.43. The summed E-state index contributed by atoms with van der Waals surface area (Å²) in [6.07, 6.45) is 2.10. The van der Waals surface area contributed by atoms with Gasteiger partial charge in [-0.2, -0.15) is 0 Å². The third kappa shape index (κ3) is 4.76. The molecule has 0 aromatic heterocycles. The number of anilines is 1. The summed E-state index contributed by atoms with van der Waals surface area (Å²) in [5.74, 6) is 0.248. The number of unbranched alkanes of at least 4 members (excludes halogenated alkanes) is 1. The molecule has 0 aliphatic carbocycles. The monoisotopic (exact) mass is 470 g/mol. The lowest BCUT2D eigenvalue weighted by Crippen LogP contribution is -2.74. The summed E-state index contributed by atoms with van der Waals surface area (Å²) in [5, 5.41) is -0.557. The van der Waals surface area contributed by atoms with Crippen molar-refractivity contribution in [1.82, 2.24) is 4.90 Å². The Hall–Kier alpha value is -2.86. The van der Waals surface area contributed by atoms with Gasteiger partial charge in [0.05, 0.1) is 0 Å². The third-order valence-corrected chi connectivity index (χ3v) is 6.68. The quantitative estimate of drug-likeness (QED) is 0.325. The highest BCUT2D eigenvalue weighted by molar-refractivity contribution is 6.67. The summed E-state index contributed by atoms with van der Waals surface area (Å²) in [4.78, 5) is 41.3. The van der Waals surface area contributed by atoms with Crippen molar-refractivity contribution >= 4 is 34.5 Å². The summed E-state index contributed by atoms with van der Waals surface area (Å²) in [7, 11) is 0. The van der Waals surface area contributed by atoms with Crippen LogP contribution in [0.2, 0.25) is 0 Å². The summed E-state index contributed by atoms with van der Waals surface area (Å²) < 4.78 is 6.20. The number of benzene rings is 2. The van der Waals surface area contributed by atoms with Crippen molar-refractivity contribution in [3.63, 3.8) is 0 Å². The molecular formula is C26H31ClN2O4. The Bertz CT molecular complexity index is 1000. The molecule has 1 atom stereocenters. The second-order valence-electron chi connectivity index (χ2n) is 8.43. The molecule has 1 fully saturated rings. The number of likely N-dealkylation sites (tertiary alicyclic amines) is 1. The lowest BCUT2D eigenvalue weighted by Gasteiger charge is -2.54. The maximum Gasteiger partial charge on any atom is 0.334 e. The standard InChI is InChI=1S/C26H31ClN2O4/c1-5-8-17-28(20-13-9-18(4)10-14-20)25(32)29-23(31)26(6-2,7-3)24(29)33-21-15-11-19(12-16-21)22(27)30/h9-16,24H,5-8,17H2,1-4H3. The van der Waals surface area contributed by atoms with Crippen LogP contribution >= 0.6 is 11.6 Å². The van der Waals surface area contributed by atoms with E-state index in [1.807, 2.05) is 45.0 Å². The molecule has 3 amide bonds. The zero-order chi connectivity index (χ0) is 24.2. The zero-order valence-electron chi connectivity index (χ0n) is 19.6. The van der Waals surface area contributed by atoms with Crippen molar-refractivity contribution < 1.29 is 19.1 Å². The highest BCUT2D eigenvalue weighted by Gasteiger charge is 2.63. The predicted molar refractivity (Wildman–Crippen MR) is 130 cm³/mol. The molecule has 176 valence electrons. The highest BCUT2D eigenvalue weighted by atomic mass is 35.5. The Morgan fingerprint density at radius 1 is 1.03 bits per heavy atom. The number of carbonyl (C=O) groups excluding carboxylic acids is 3. The normalized spacial score (nSPS) is 16.8. The van der Waals surface area contributed by atoms with Crippen LogP contribution in [-0.2, 0) is 4.79 Å². The fourth-order valence-electron chi connectivity index (χ4n) is 4.19. The number of amides is 3. The van der Waals surface area contributed by atoms with Crippen LogP contribution < -0.4 is 9.64 Å². The Kier molecular flexibility index (Phi) is 7.80. The van der Waals surface area contributed by atoms with Gasteiger partial charge < -0.3 is 4.74 Å².